The molecule has 2 aromatic rings. The molecule has 21 heavy (non-hydrogen) atoms. The molecule has 0 amide bonds. The standard InChI is InChI=1S/C12H10Cl3NO3S2/c1-7-11(20-6-16-7)2-3-19-10-4-9(14)12(5-8(10)13)21(15,17)18/h4-6H,2-3H2,1H3. The number of aromatic nitrogens is 1. The van der Waals surface area contributed by atoms with Gasteiger partial charge in [0.25, 0.3) is 9.05 Å². The van der Waals surface area contributed by atoms with Crippen molar-refractivity contribution in [2.45, 2.75) is 18.2 Å². The smallest absolute Gasteiger partial charge is 0.262 e. The predicted molar refractivity (Wildman–Crippen MR) is 85.6 cm³/mol. The second-order valence-electron chi connectivity index (χ2n) is 4.11. The molecular formula is C12H10Cl3NO3S2. The largest absolute Gasteiger partial charge is 0.492 e. The molecule has 1 heterocycles. The summed E-state index contributed by atoms with van der Waals surface area (Å²) in [7, 11) is 1.32. The van der Waals surface area contributed by atoms with Gasteiger partial charge in [-0.1, -0.05) is 23.2 Å². The van der Waals surface area contributed by atoms with Crippen LogP contribution in [0.3, 0.4) is 0 Å². The monoisotopic (exact) mass is 385 g/mol. The fourth-order valence-corrected chi connectivity index (χ4v) is 4.18. The normalized spacial score (nSPS) is 11.6. The lowest BCUT2D eigenvalue weighted by atomic mass is 10.3. The quantitative estimate of drug-likeness (QED) is 0.719. The van der Waals surface area contributed by atoms with E-state index in [9.17, 15) is 8.42 Å². The average Bonchev–Trinajstić information content (AvgIpc) is 2.77. The highest BCUT2D eigenvalue weighted by atomic mass is 35.7. The van der Waals surface area contributed by atoms with E-state index in [-0.39, 0.29) is 14.9 Å². The molecule has 0 unspecified atom stereocenters. The molecule has 4 nitrogen and oxygen atoms in total. The van der Waals surface area contributed by atoms with Crippen LogP contribution < -0.4 is 4.74 Å². The molecule has 0 radical (unpaired) electrons. The maximum absolute atomic E-state index is 11.3. The van der Waals surface area contributed by atoms with Crippen molar-refractivity contribution in [1.82, 2.24) is 4.98 Å². The maximum Gasteiger partial charge on any atom is 0.262 e. The number of rotatable bonds is 5. The minimum Gasteiger partial charge on any atom is -0.492 e. The SMILES string of the molecule is Cc1ncsc1CCOc1cc(Cl)c(S(=O)(=O)Cl)cc1Cl. The van der Waals surface area contributed by atoms with Crippen LogP contribution >= 0.6 is 45.2 Å². The highest BCUT2D eigenvalue weighted by Gasteiger charge is 2.18. The molecule has 0 aliphatic rings. The molecule has 1 aromatic heterocycles. The Kier molecular flexibility index (Phi) is 5.38. The van der Waals surface area contributed by atoms with Crippen LogP contribution in [0.4, 0.5) is 0 Å². The number of nitrogens with zero attached hydrogens (tertiary/aromatic N) is 1. The number of hydrogen-bond donors (Lipinski definition) is 0. The van der Waals surface area contributed by atoms with Crippen LogP contribution in [-0.2, 0) is 15.5 Å². The lowest BCUT2D eigenvalue weighted by molar-refractivity contribution is 0.322. The Morgan fingerprint density at radius 3 is 2.57 bits per heavy atom. The first kappa shape index (κ1) is 16.8. The zero-order valence-corrected chi connectivity index (χ0v) is 14.7. The summed E-state index contributed by atoms with van der Waals surface area (Å²) in [6.07, 6.45) is 0.681. The number of thiazole rings is 1. The highest BCUT2D eigenvalue weighted by Crippen LogP contribution is 2.35. The lowest BCUT2D eigenvalue weighted by Gasteiger charge is -2.10. The van der Waals surface area contributed by atoms with Crippen LogP contribution in [0.15, 0.2) is 22.5 Å². The van der Waals surface area contributed by atoms with Crippen molar-refractivity contribution in [3.05, 3.63) is 38.3 Å². The van der Waals surface area contributed by atoms with E-state index in [1.165, 1.54) is 12.1 Å². The minimum absolute atomic E-state index is 0.0293. The third-order valence-corrected chi connectivity index (χ3v) is 5.76. The van der Waals surface area contributed by atoms with Crippen molar-refractivity contribution < 1.29 is 13.2 Å². The van der Waals surface area contributed by atoms with Crippen molar-refractivity contribution in [2.75, 3.05) is 6.61 Å². The van der Waals surface area contributed by atoms with Gasteiger partial charge in [-0.15, -0.1) is 11.3 Å². The summed E-state index contributed by atoms with van der Waals surface area (Å²) in [4.78, 5) is 5.03. The summed E-state index contributed by atoms with van der Waals surface area (Å²) in [5.74, 6) is 0.313. The molecule has 0 aliphatic heterocycles. The average molecular weight is 387 g/mol. The first-order valence-corrected chi connectivity index (χ1v) is 9.69. The molecule has 0 fully saturated rings. The van der Waals surface area contributed by atoms with E-state index in [1.54, 1.807) is 16.8 Å². The number of halogens is 3. The van der Waals surface area contributed by atoms with Gasteiger partial charge in [0.05, 0.1) is 27.9 Å². The highest BCUT2D eigenvalue weighted by molar-refractivity contribution is 8.13. The predicted octanol–water partition coefficient (Wildman–Crippen LogP) is 4.31. The summed E-state index contributed by atoms with van der Waals surface area (Å²) in [5.41, 5.74) is 2.74. The van der Waals surface area contributed by atoms with E-state index in [1.807, 2.05) is 6.92 Å². The van der Waals surface area contributed by atoms with Crippen molar-refractivity contribution >= 4 is 54.3 Å². The van der Waals surface area contributed by atoms with Gasteiger partial charge in [-0.2, -0.15) is 0 Å². The van der Waals surface area contributed by atoms with Gasteiger partial charge in [-0.3, -0.25) is 0 Å². The molecule has 0 saturated heterocycles. The Morgan fingerprint density at radius 1 is 1.29 bits per heavy atom. The number of ether oxygens (including phenoxy) is 1. The van der Waals surface area contributed by atoms with E-state index in [2.05, 4.69) is 4.98 Å². The van der Waals surface area contributed by atoms with Gasteiger partial charge in [-0.25, -0.2) is 13.4 Å². The van der Waals surface area contributed by atoms with E-state index < -0.39 is 9.05 Å². The van der Waals surface area contributed by atoms with Crippen molar-refractivity contribution in [3.8, 4) is 5.75 Å². The van der Waals surface area contributed by atoms with E-state index in [0.717, 1.165) is 10.6 Å². The fraction of sp³-hybridized carbons (Fsp3) is 0.250. The number of hydrogen-bond acceptors (Lipinski definition) is 5. The Balaban J connectivity index is 2.11. The summed E-state index contributed by atoms with van der Waals surface area (Å²) >= 11 is 13.4. The Morgan fingerprint density at radius 2 is 2.00 bits per heavy atom. The third kappa shape index (κ3) is 4.23. The summed E-state index contributed by atoms with van der Waals surface area (Å²) < 4.78 is 28.1. The van der Waals surface area contributed by atoms with Gasteiger partial charge in [-0.05, 0) is 13.0 Å². The number of benzene rings is 1. The first-order valence-electron chi connectivity index (χ1n) is 5.74. The molecule has 0 N–H and O–H groups in total. The van der Waals surface area contributed by atoms with Crippen LogP contribution in [0, 0.1) is 6.92 Å². The van der Waals surface area contributed by atoms with Crippen molar-refractivity contribution in [2.24, 2.45) is 0 Å². The zero-order chi connectivity index (χ0) is 15.6. The van der Waals surface area contributed by atoms with Crippen LogP contribution in [0.2, 0.25) is 10.0 Å². The molecule has 0 spiro atoms. The minimum atomic E-state index is -3.94. The second-order valence-corrected chi connectivity index (χ2v) is 8.40. The first-order chi connectivity index (χ1) is 9.79. The van der Waals surface area contributed by atoms with Crippen LogP contribution in [0.25, 0.3) is 0 Å². The molecule has 0 saturated carbocycles. The fourth-order valence-electron chi connectivity index (χ4n) is 1.63. The van der Waals surface area contributed by atoms with Gasteiger partial charge in [0.1, 0.15) is 10.6 Å². The van der Waals surface area contributed by atoms with Gasteiger partial charge < -0.3 is 4.74 Å². The summed E-state index contributed by atoms with van der Waals surface area (Å²) in [6.45, 7) is 2.31. The Labute approximate surface area is 141 Å². The number of aryl methyl sites for hydroxylation is 1. The maximum atomic E-state index is 11.3. The van der Waals surface area contributed by atoms with Gasteiger partial charge in [0.2, 0.25) is 0 Å². The van der Waals surface area contributed by atoms with Crippen molar-refractivity contribution in [3.63, 3.8) is 0 Å². The van der Waals surface area contributed by atoms with Crippen LogP contribution in [0.5, 0.6) is 5.75 Å². The zero-order valence-electron chi connectivity index (χ0n) is 10.8. The topological polar surface area (TPSA) is 56.3 Å². The van der Waals surface area contributed by atoms with Gasteiger partial charge in [0.15, 0.2) is 0 Å². The van der Waals surface area contributed by atoms with Gasteiger partial charge in [0, 0.05) is 28.0 Å². The molecule has 9 heteroatoms. The van der Waals surface area contributed by atoms with E-state index in [0.29, 0.717) is 18.8 Å². The molecule has 0 atom stereocenters. The Hall–Kier alpha value is -0.530. The van der Waals surface area contributed by atoms with E-state index >= 15 is 0 Å². The third-order valence-electron chi connectivity index (χ3n) is 2.68. The molecule has 0 bridgehead atoms. The second kappa shape index (κ2) is 6.71. The van der Waals surface area contributed by atoms with E-state index in [4.69, 9.17) is 38.6 Å². The Bertz CT molecular complexity index is 759. The molecule has 2 rings (SSSR count). The van der Waals surface area contributed by atoms with Crippen molar-refractivity contribution in [1.29, 1.82) is 0 Å². The molecular weight excluding hydrogens is 377 g/mol. The molecule has 1 aromatic carbocycles. The summed E-state index contributed by atoms with van der Waals surface area (Å²) in [6, 6.07) is 2.53. The van der Waals surface area contributed by atoms with Crippen LogP contribution in [-0.4, -0.2) is 20.0 Å². The molecule has 0 aliphatic carbocycles. The van der Waals surface area contributed by atoms with Crippen LogP contribution in [0.1, 0.15) is 10.6 Å². The van der Waals surface area contributed by atoms with Gasteiger partial charge >= 0.3 is 0 Å². The lowest BCUT2D eigenvalue weighted by Crippen LogP contribution is -2.02. The molecule has 114 valence electrons. The summed E-state index contributed by atoms with van der Waals surface area (Å²) in [5, 5.41) is 0.109.